The molecule has 0 unspecified atom stereocenters. The zero-order valence-corrected chi connectivity index (χ0v) is 13.7. The van der Waals surface area contributed by atoms with Crippen LogP contribution in [0.25, 0.3) is 0 Å². The minimum Gasteiger partial charge on any atom is -0.497 e. The van der Waals surface area contributed by atoms with Crippen LogP contribution < -0.4 is 14.8 Å². The molecule has 0 radical (unpaired) electrons. The molecule has 0 atom stereocenters. The summed E-state index contributed by atoms with van der Waals surface area (Å²) >= 11 is 3.38. The lowest BCUT2D eigenvalue weighted by molar-refractivity contribution is 0.101. The van der Waals surface area contributed by atoms with E-state index < -0.39 is 0 Å². The van der Waals surface area contributed by atoms with Gasteiger partial charge in [-0.1, -0.05) is 0 Å². The zero-order chi connectivity index (χ0) is 15.4. The Bertz CT molecular complexity index is 630. The highest BCUT2D eigenvalue weighted by Gasteiger charge is 2.13. The fourth-order valence-electron chi connectivity index (χ4n) is 2.00. The Morgan fingerprint density at radius 3 is 2.33 bits per heavy atom. The lowest BCUT2D eigenvalue weighted by Crippen LogP contribution is -2.16. The van der Waals surface area contributed by atoms with Gasteiger partial charge in [-0.3, -0.25) is 4.79 Å². The molecule has 6 heteroatoms. The second kappa shape index (κ2) is 6.67. The molecule has 1 N–H and O–H groups in total. The fraction of sp³-hybridized carbons (Fsp3) is 0.267. The van der Waals surface area contributed by atoms with Crippen molar-refractivity contribution in [2.75, 3.05) is 19.5 Å². The number of aryl methyl sites for hydroxylation is 1. The molecule has 0 aliphatic heterocycles. The van der Waals surface area contributed by atoms with Crippen molar-refractivity contribution in [3.8, 4) is 11.5 Å². The number of anilines is 1. The highest BCUT2D eigenvalue weighted by atomic mass is 79.9. The van der Waals surface area contributed by atoms with Gasteiger partial charge in [-0.25, -0.2) is 0 Å². The topological polar surface area (TPSA) is 52.5 Å². The molecule has 1 aromatic heterocycles. The average Bonchev–Trinajstić information content (AvgIpc) is 2.87. The lowest BCUT2D eigenvalue weighted by Gasteiger charge is -2.11. The minimum absolute atomic E-state index is 0.183. The summed E-state index contributed by atoms with van der Waals surface area (Å²) in [4.78, 5) is 12.4. The van der Waals surface area contributed by atoms with Crippen molar-refractivity contribution in [1.29, 1.82) is 0 Å². The predicted molar refractivity (Wildman–Crippen MR) is 85.3 cm³/mol. The Hall–Kier alpha value is -1.95. The lowest BCUT2D eigenvalue weighted by atomic mass is 10.2. The fourth-order valence-corrected chi connectivity index (χ4v) is 2.47. The summed E-state index contributed by atoms with van der Waals surface area (Å²) in [6.07, 6.45) is 1.88. The largest absolute Gasteiger partial charge is 0.497 e. The molecule has 0 fully saturated rings. The van der Waals surface area contributed by atoms with Gasteiger partial charge in [0.15, 0.2) is 0 Å². The van der Waals surface area contributed by atoms with Gasteiger partial charge in [-0.05, 0) is 28.9 Å². The molecule has 1 heterocycles. The van der Waals surface area contributed by atoms with Gasteiger partial charge < -0.3 is 19.4 Å². The van der Waals surface area contributed by atoms with Crippen molar-refractivity contribution in [2.45, 2.75) is 13.5 Å². The molecule has 0 saturated carbocycles. The number of hydrogen-bond donors (Lipinski definition) is 1. The van der Waals surface area contributed by atoms with E-state index in [2.05, 4.69) is 21.2 Å². The first kappa shape index (κ1) is 15.4. The number of amides is 1. The first-order valence-corrected chi connectivity index (χ1v) is 7.26. The van der Waals surface area contributed by atoms with E-state index in [4.69, 9.17) is 9.47 Å². The van der Waals surface area contributed by atoms with E-state index in [1.165, 1.54) is 0 Å². The van der Waals surface area contributed by atoms with Crippen LogP contribution in [0.4, 0.5) is 5.69 Å². The number of halogens is 1. The standard InChI is InChI=1S/C15H17BrN2O3/c1-4-18-9-10(16)5-14(18)15(19)17-11-6-12(20-2)8-13(7-11)21-3/h5-9H,4H2,1-3H3,(H,17,19). The number of carbonyl (C=O) groups is 1. The Morgan fingerprint density at radius 2 is 1.81 bits per heavy atom. The number of aromatic nitrogens is 1. The summed E-state index contributed by atoms with van der Waals surface area (Å²) in [5, 5.41) is 2.86. The molecule has 0 spiro atoms. The molecule has 0 aliphatic carbocycles. The summed E-state index contributed by atoms with van der Waals surface area (Å²) < 4.78 is 13.1. The van der Waals surface area contributed by atoms with Crippen LogP contribution in [0.2, 0.25) is 0 Å². The summed E-state index contributed by atoms with van der Waals surface area (Å²) in [5.74, 6) is 1.06. The SMILES string of the molecule is CCn1cc(Br)cc1C(=O)Nc1cc(OC)cc(OC)c1. The number of hydrogen-bond acceptors (Lipinski definition) is 3. The monoisotopic (exact) mass is 352 g/mol. The third-order valence-electron chi connectivity index (χ3n) is 3.05. The van der Waals surface area contributed by atoms with Crippen LogP contribution in [0.15, 0.2) is 34.9 Å². The van der Waals surface area contributed by atoms with Gasteiger partial charge in [0.05, 0.1) is 14.2 Å². The molecule has 0 saturated heterocycles. The van der Waals surface area contributed by atoms with Crippen molar-refractivity contribution in [1.82, 2.24) is 4.57 Å². The Balaban J connectivity index is 2.26. The molecule has 5 nitrogen and oxygen atoms in total. The van der Waals surface area contributed by atoms with E-state index in [1.54, 1.807) is 38.5 Å². The van der Waals surface area contributed by atoms with Crippen molar-refractivity contribution in [3.63, 3.8) is 0 Å². The summed E-state index contributed by atoms with van der Waals surface area (Å²) in [7, 11) is 3.14. The molecule has 0 aliphatic rings. The van der Waals surface area contributed by atoms with Crippen molar-refractivity contribution in [3.05, 3.63) is 40.6 Å². The molecular weight excluding hydrogens is 336 g/mol. The second-order valence-electron chi connectivity index (χ2n) is 4.39. The molecule has 21 heavy (non-hydrogen) atoms. The van der Waals surface area contributed by atoms with Gasteiger partial charge in [-0.15, -0.1) is 0 Å². The maximum atomic E-state index is 12.4. The van der Waals surface area contributed by atoms with Crippen LogP contribution in [0, 0.1) is 0 Å². The average molecular weight is 353 g/mol. The first-order chi connectivity index (χ1) is 10.1. The van der Waals surface area contributed by atoms with Crippen LogP contribution in [0.5, 0.6) is 11.5 Å². The van der Waals surface area contributed by atoms with Crippen LogP contribution in [-0.2, 0) is 6.54 Å². The highest BCUT2D eigenvalue weighted by molar-refractivity contribution is 9.10. The maximum Gasteiger partial charge on any atom is 0.272 e. The van der Waals surface area contributed by atoms with E-state index >= 15 is 0 Å². The van der Waals surface area contributed by atoms with E-state index in [1.807, 2.05) is 17.7 Å². The van der Waals surface area contributed by atoms with Crippen LogP contribution in [0.3, 0.4) is 0 Å². The quantitative estimate of drug-likeness (QED) is 0.895. The van der Waals surface area contributed by atoms with E-state index in [0.29, 0.717) is 22.9 Å². The molecule has 0 bridgehead atoms. The van der Waals surface area contributed by atoms with Crippen LogP contribution >= 0.6 is 15.9 Å². The van der Waals surface area contributed by atoms with E-state index in [9.17, 15) is 4.79 Å². The van der Waals surface area contributed by atoms with Crippen molar-refractivity contribution < 1.29 is 14.3 Å². The Kier molecular flexibility index (Phi) is 4.90. The Labute approximate surface area is 132 Å². The molecule has 2 rings (SSSR count). The molecule has 1 amide bonds. The normalized spacial score (nSPS) is 10.3. The number of benzene rings is 1. The molecule has 1 aromatic carbocycles. The van der Waals surface area contributed by atoms with Crippen molar-refractivity contribution >= 4 is 27.5 Å². The Morgan fingerprint density at radius 1 is 1.19 bits per heavy atom. The van der Waals surface area contributed by atoms with Crippen LogP contribution in [-0.4, -0.2) is 24.7 Å². The molecule has 112 valence electrons. The number of rotatable bonds is 5. The zero-order valence-electron chi connectivity index (χ0n) is 12.1. The van der Waals surface area contributed by atoms with Gasteiger partial charge in [0.2, 0.25) is 0 Å². The predicted octanol–water partition coefficient (Wildman–Crippen LogP) is 3.54. The van der Waals surface area contributed by atoms with Gasteiger partial charge in [-0.2, -0.15) is 0 Å². The van der Waals surface area contributed by atoms with Crippen molar-refractivity contribution in [2.24, 2.45) is 0 Å². The van der Waals surface area contributed by atoms with E-state index in [0.717, 1.165) is 11.0 Å². The number of ether oxygens (including phenoxy) is 2. The number of nitrogens with one attached hydrogen (secondary N) is 1. The molecule has 2 aromatic rings. The second-order valence-corrected chi connectivity index (χ2v) is 5.30. The minimum atomic E-state index is -0.183. The number of methoxy groups -OCH3 is 2. The number of nitrogens with zero attached hydrogens (tertiary/aromatic N) is 1. The maximum absolute atomic E-state index is 12.4. The smallest absolute Gasteiger partial charge is 0.272 e. The third kappa shape index (κ3) is 3.58. The van der Waals surface area contributed by atoms with Gasteiger partial charge in [0, 0.05) is 41.1 Å². The number of carbonyl (C=O) groups excluding carboxylic acids is 1. The van der Waals surface area contributed by atoms with E-state index in [-0.39, 0.29) is 5.91 Å². The summed E-state index contributed by atoms with van der Waals surface area (Å²) in [6, 6.07) is 7.03. The third-order valence-corrected chi connectivity index (χ3v) is 3.48. The van der Waals surface area contributed by atoms with Gasteiger partial charge in [0.25, 0.3) is 5.91 Å². The molecular formula is C15H17BrN2O3. The first-order valence-electron chi connectivity index (χ1n) is 6.47. The highest BCUT2D eigenvalue weighted by Crippen LogP contribution is 2.26. The van der Waals surface area contributed by atoms with Gasteiger partial charge in [0.1, 0.15) is 17.2 Å². The van der Waals surface area contributed by atoms with Gasteiger partial charge >= 0.3 is 0 Å². The summed E-state index contributed by atoms with van der Waals surface area (Å²) in [6.45, 7) is 2.70. The van der Waals surface area contributed by atoms with Crippen LogP contribution in [0.1, 0.15) is 17.4 Å². The summed E-state index contributed by atoms with van der Waals surface area (Å²) in [5.41, 5.74) is 1.21.